The van der Waals surface area contributed by atoms with Crippen LogP contribution >= 0.6 is 12.2 Å². The molecule has 2 atom stereocenters. The van der Waals surface area contributed by atoms with Crippen LogP contribution in [0.15, 0.2) is 0 Å². The largest absolute Gasteiger partial charge is 0.393 e. The molecule has 0 aromatic rings. The van der Waals surface area contributed by atoms with E-state index in [-0.39, 0.29) is 23.6 Å². The Morgan fingerprint density at radius 2 is 2.25 bits per heavy atom. The molecule has 1 aliphatic heterocycles. The van der Waals surface area contributed by atoms with Crippen molar-refractivity contribution in [3.63, 3.8) is 0 Å². The Morgan fingerprint density at radius 1 is 1.62 bits per heavy atom. The summed E-state index contributed by atoms with van der Waals surface area (Å²) in [4.78, 5) is 2.73. The van der Waals surface area contributed by atoms with Gasteiger partial charge in [-0.15, -0.1) is 0 Å². The molecule has 94 valence electrons. The fourth-order valence-electron chi connectivity index (χ4n) is 2.28. The summed E-state index contributed by atoms with van der Waals surface area (Å²) in [5.41, 5.74) is 5.56. The SMILES string of the molecule is CCC(CC(N)=S)N1CCS(=O)(=O)CC1C. The fourth-order valence-corrected chi connectivity index (χ4v) is 4.06. The summed E-state index contributed by atoms with van der Waals surface area (Å²) in [6, 6.07) is 0.348. The third-order valence-corrected chi connectivity index (χ3v) is 5.06. The summed E-state index contributed by atoms with van der Waals surface area (Å²) < 4.78 is 22.9. The van der Waals surface area contributed by atoms with Gasteiger partial charge in [0, 0.05) is 25.0 Å². The first-order valence-corrected chi connectivity index (χ1v) is 7.83. The van der Waals surface area contributed by atoms with Crippen molar-refractivity contribution < 1.29 is 8.42 Å². The van der Waals surface area contributed by atoms with Crippen molar-refractivity contribution in [1.29, 1.82) is 0 Å². The topological polar surface area (TPSA) is 63.4 Å². The van der Waals surface area contributed by atoms with Crippen LogP contribution in [0.1, 0.15) is 26.7 Å². The Hall–Kier alpha value is -0.200. The minimum Gasteiger partial charge on any atom is -0.393 e. The lowest BCUT2D eigenvalue weighted by Gasteiger charge is -2.38. The van der Waals surface area contributed by atoms with E-state index in [9.17, 15) is 8.42 Å². The van der Waals surface area contributed by atoms with E-state index < -0.39 is 9.84 Å². The van der Waals surface area contributed by atoms with Crippen LogP contribution in [0, 0.1) is 0 Å². The zero-order chi connectivity index (χ0) is 12.3. The second kappa shape index (κ2) is 5.42. The third kappa shape index (κ3) is 3.68. The van der Waals surface area contributed by atoms with E-state index >= 15 is 0 Å². The minimum absolute atomic E-state index is 0.0676. The molecule has 2 N–H and O–H groups in total. The molecule has 1 fully saturated rings. The quantitative estimate of drug-likeness (QED) is 0.752. The predicted octanol–water partition coefficient (Wildman–Crippen LogP) is 0.560. The lowest BCUT2D eigenvalue weighted by molar-refractivity contribution is 0.157. The molecule has 0 saturated carbocycles. The first-order valence-electron chi connectivity index (χ1n) is 5.60. The lowest BCUT2D eigenvalue weighted by atomic mass is 10.1. The fraction of sp³-hybridized carbons (Fsp3) is 0.900. The molecule has 0 radical (unpaired) electrons. The van der Waals surface area contributed by atoms with Crippen molar-refractivity contribution in [3.05, 3.63) is 0 Å². The molecular weight excluding hydrogens is 244 g/mol. The van der Waals surface area contributed by atoms with Crippen LogP contribution in [-0.4, -0.2) is 48.4 Å². The highest BCUT2D eigenvalue weighted by Crippen LogP contribution is 2.18. The second-order valence-electron chi connectivity index (χ2n) is 4.43. The summed E-state index contributed by atoms with van der Waals surface area (Å²) in [6.07, 6.45) is 1.62. The Morgan fingerprint density at radius 3 is 2.69 bits per heavy atom. The van der Waals surface area contributed by atoms with Crippen LogP contribution in [0.25, 0.3) is 0 Å². The lowest BCUT2D eigenvalue weighted by Crippen LogP contribution is -2.52. The number of rotatable bonds is 4. The van der Waals surface area contributed by atoms with Gasteiger partial charge in [-0.25, -0.2) is 8.42 Å². The molecular formula is C10H20N2O2S2. The Kier molecular flexibility index (Phi) is 4.70. The van der Waals surface area contributed by atoms with Crippen LogP contribution in [0.4, 0.5) is 0 Å². The maximum absolute atomic E-state index is 11.5. The highest BCUT2D eigenvalue weighted by molar-refractivity contribution is 7.91. The van der Waals surface area contributed by atoms with Crippen LogP contribution in [0.2, 0.25) is 0 Å². The van der Waals surface area contributed by atoms with Gasteiger partial charge in [-0.1, -0.05) is 19.1 Å². The highest BCUT2D eigenvalue weighted by Gasteiger charge is 2.31. The molecule has 0 aromatic carbocycles. The van der Waals surface area contributed by atoms with E-state index in [1.165, 1.54) is 0 Å². The normalized spacial score (nSPS) is 27.5. The highest BCUT2D eigenvalue weighted by atomic mass is 32.2. The van der Waals surface area contributed by atoms with Crippen molar-refractivity contribution in [2.45, 2.75) is 38.8 Å². The van der Waals surface area contributed by atoms with Gasteiger partial charge >= 0.3 is 0 Å². The molecule has 1 saturated heterocycles. The van der Waals surface area contributed by atoms with Crippen molar-refractivity contribution in [1.82, 2.24) is 4.90 Å². The van der Waals surface area contributed by atoms with Crippen molar-refractivity contribution >= 4 is 27.0 Å². The maximum atomic E-state index is 11.5. The average molecular weight is 264 g/mol. The van der Waals surface area contributed by atoms with E-state index in [2.05, 4.69) is 11.8 Å². The van der Waals surface area contributed by atoms with E-state index in [1.807, 2.05) is 6.92 Å². The van der Waals surface area contributed by atoms with Gasteiger partial charge in [-0.3, -0.25) is 4.90 Å². The molecule has 0 spiro atoms. The van der Waals surface area contributed by atoms with Gasteiger partial charge in [0.2, 0.25) is 0 Å². The van der Waals surface area contributed by atoms with Crippen LogP contribution < -0.4 is 5.73 Å². The average Bonchev–Trinajstić information content (AvgIpc) is 2.13. The van der Waals surface area contributed by atoms with E-state index in [4.69, 9.17) is 18.0 Å². The maximum Gasteiger partial charge on any atom is 0.153 e. The molecule has 4 nitrogen and oxygen atoms in total. The summed E-state index contributed by atoms with van der Waals surface area (Å²) >= 11 is 4.92. The van der Waals surface area contributed by atoms with Crippen LogP contribution in [0.3, 0.4) is 0 Å². The minimum atomic E-state index is -2.84. The number of nitrogens with zero attached hydrogens (tertiary/aromatic N) is 1. The van der Waals surface area contributed by atoms with Gasteiger partial charge in [0.15, 0.2) is 9.84 Å². The number of hydrogen-bond acceptors (Lipinski definition) is 4. The number of nitrogens with two attached hydrogens (primary N) is 1. The summed E-state index contributed by atoms with van der Waals surface area (Å²) in [5.74, 6) is 0.506. The molecule has 0 bridgehead atoms. The summed E-state index contributed by atoms with van der Waals surface area (Å²) in [7, 11) is -2.84. The molecule has 0 aliphatic carbocycles. The van der Waals surface area contributed by atoms with Crippen molar-refractivity contribution in [2.75, 3.05) is 18.1 Å². The molecule has 1 rings (SSSR count). The molecule has 0 aromatic heterocycles. The van der Waals surface area contributed by atoms with E-state index in [0.717, 1.165) is 6.42 Å². The first kappa shape index (κ1) is 13.9. The molecule has 2 unspecified atom stereocenters. The molecule has 16 heavy (non-hydrogen) atoms. The van der Waals surface area contributed by atoms with E-state index in [0.29, 0.717) is 18.0 Å². The zero-order valence-corrected chi connectivity index (χ0v) is 11.5. The molecule has 1 heterocycles. The van der Waals surface area contributed by atoms with Gasteiger partial charge in [-0.05, 0) is 13.3 Å². The van der Waals surface area contributed by atoms with Gasteiger partial charge in [-0.2, -0.15) is 0 Å². The third-order valence-electron chi connectivity index (χ3n) is 3.10. The monoisotopic (exact) mass is 264 g/mol. The number of thiocarbonyl (C=S) groups is 1. The number of sulfone groups is 1. The Labute approximate surface area is 103 Å². The van der Waals surface area contributed by atoms with Crippen molar-refractivity contribution in [2.24, 2.45) is 5.73 Å². The van der Waals surface area contributed by atoms with Crippen LogP contribution in [0.5, 0.6) is 0 Å². The molecule has 6 heteroatoms. The Balaban J connectivity index is 2.69. The second-order valence-corrected chi connectivity index (χ2v) is 7.19. The van der Waals surface area contributed by atoms with E-state index in [1.54, 1.807) is 0 Å². The van der Waals surface area contributed by atoms with Crippen LogP contribution in [-0.2, 0) is 9.84 Å². The summed E-state index contributed by atoms with van der Waals surface area (Å²) in [5, 5.41) is 0. The van der Waals surface area contributed by atoms with Gasteiger partial charge in [0.05, 0.1) is 16.5 Å². The summed E-state index contributed by atoms with van der Waals surface area (Å²) in [6.45, 7) is 4.64. The molecule has 0 amide bonds. The first-order chi connectivity index (χ1) is 7.35. The van der Waals surface area contributed by atoms with Gasteiger partial charge in [0.25, 0.3) is 0 Å². The zero-order valence-electron chi connectivity index (χ0n) is 9.85. The van der Waals surface area contributed by atoms with Crippen molar-refractivity contribution in [3.8, 4) is 0 Å². The smallest absolute Gasteiger partial charge is 0.153 e. The van der Waals surface area contributed by atoms with Gasteiger partial charge in [0.1, 0.15) is 0 Å². The van der Waals surface area contributed by atoms with Gasteiger partial charge < -0.3 is 5.73 Å². The predicted molar refractivity (Wildman–Crippen MR) is 70.3 cm³/mol. The molecule has 1 aliphatic rings. The standard InChI is InChI=1S/C10H20N2O2S2/c1-3-9(6-10(11)15)12-4-5-16(13,14)7-8(12)2/h8-9H,3-7H2,1-2H3,(H2,11,15). The number of hydrogen-bond donors (Lipinski definition) is 1. The Bertz CT molecular complexity index is 354.